The number of rotatable bonds is 14. The summed E-state index contributed by atoms with van der Waals surface area (Å²) in [5, 5.41) is 37.6. The van der Waals surface area contributed by atoms with E-state index in [0.29, 0.717) is 30.8 Å². The molecule has 0 amide bonds. The Kier molecular flexibility index (Phi) is 10.3. The number of aromatic hydroxyl groups is 1. The fraction of sp³-hybridized carbons (Fsp3) is 0.333. The molecule has 3 aromatic rings. The Morgan fingerprint density at radius 1 is 0.944 bits per heavy atom. The van der Waals surface area contributed by atoms with Crippen molar-refractivity contribution in [3.05, 3.63) is 89.0 Å². The van der Waals surface area contributed by atoms with Crippen LogP contribution < -0.4 is 15.2 Å². The summed E-state index contributed by atoms with van der Waals surface area (Å²) >= 11 is 0. The van der Waals surface area contributed by atoms with Crippen molar-refractivity contribution in [1.29, 1.82) is 0 Å². The van der Waals surface area contributed by atoms with Crippen molar-refractivity contribution >= 4 is 10.0 Å². The minimum absolute atomic E-state index is 0.0157. The summed E-state index contributed by atoms with van der Waals surface area (Å²) in [4.78, 5) is 0.136. The zero-order valence-electron chi connectivity index (χ0n) is 20.1. The first-order chi connectivity index (χ1) is 17.3. The van der Waals surface area contributed by atoms with Gasteiger partial charge < -0.3 is 25.4 Å². The van der Waals surface area contributed by atoms with E-state index in [1.165, 1.54) is 12.1 Å². The van der Waals surface area contributed by atoms with Gasteiger partial charge in [-0.1, -0.05) is 30.3 Å². The van der Waals surface area contributed by atoms with E-state index < -0.39 is 16.1 Å². The number of phenols is 1. The highest BCUT2D eigenvalue weighted by Crippen LogP contribution is 2.22. The molecule has 0 saturated heterocycles. The molecule has 0 bridgehead atoms. The van der Waals surface area contributed by atoms with Crippen molar-refractivity contribution in [2.75, 3.05) is 19.7 Å². The third kappa shape index (κ3) is 8.61. The lowest BCUT2D eigenvalue weighted by atomic mass is 10.1. The van der Waals surface area contributed by atoms with E-state index in [4.69, 9.17) is 9.88 Å². The van der Waals surface area contributed by atoms with Gasteiger partial charge in [0.2, 0.25) is 10.0 Å². The number of aliphatic hydroxyl groups excluding tert-OH is 2. The molecule has 6 N–H and O–H groups in total. The second-order valence-electron chi connectivity index (χ2n) is 8.66. The zero-order valence-corrected chi connectivity index (χ0v) is 21.0. The highest BCUT2D eigenvalue weighted by molar-refractivity contribution is 7.89. The average molecular weight is 515 g/mol. The third-order valence-electron chi connectivity index (χ3n) is 5.87. The second-order valence-corrected chi connectivity index (χ2v) is 10.2. The fourth-order valence-electron chi connectivity index (χ4n) is 3.78. The van der Waals surface area contributed by atoms with E-state index in [-0.39, 0.29) is 17.3 Å². The first-order valence-electron chi connectivity index (χ1n) is 11.9. The number of aryl methyl sites for hydroxylation is 1. The van der Waals surface area contributed by atoms with Gasteiger partial charge in [-0.05, 0) is 85.3 Å². The van der Waals surface area contributed by atoms with Crippen molar-refractivity contribution in [1.82, 2.24) is 5.32 Å². The van der Waals surface area contributed by atoms with Gasteiger partial charge in [0, 0.05) is 12.1 Å². The molecule has 3 aromatic carbocycles. The predicted molar refractivity (Wildman–Crippen MR) is 138 cm³/mol. The molecule has 0 unspecified atom stereocenters. The monoisotopic (exact) mass is 514 g/mol. The molecule has 0 aliphatic rings. The summed E-state index contributed by atoms with van der Waals surface area (Å²) in [7, 11) is -3.68. The number of nitrogens with two attached hydrogens (primary N) is 1. The van der Waals surface area contributed by atoms with E-state index in [0.717, 1.165) is 42.6 Å². The lowest BCUT2D eigenvalue weighted by Crippen LogP contribution is -2.23. The molecule has 1 atom stereocenters. The number of aliphatic hydroxyl groups is 2. The maximum absolute atomic E-state index is 11.5. The van der Waals surface area contributed by atoms with Crippen LogP contribution in [0.5, 0.6) is 11.5 Å². The maximum atomic E-state index is 11.5. The van der Waals surface area contributed by atoms with Crippen molar-refractivity contribution in [2.45, 2.75) is 43.3 Å². The summed E-state index contributed by atoms with van der Waals surface area (Å²) in [5.41, 5.74) is 3.11. The highest BCUT2D eigenvalue weighted by Gasteiger charge is 2.10. The first-order valence-corrected chi connectivity index (χ1v) is 13.5. The van der Waals surface area contributed by atoms with Crippen LogP contribution in [-0.2, 0) is 29.5 Å². The van der Waals surface area contributed by atoms with Crippen LogP contribution in [0.3, 0.4) is 0 Å². The van der Waals surface area contributed by atoms with Crippen LogP contribution in [0.1, 0.15) is 41.2 Å². The van der Waals surface area contributed by atoms with Crippen LogP contribution in [0.4, 0.5) is 0 Å². The summed E-state index contributed by atoms with van der Waals surface area (Å²) in [6, 6.07) is 19.3. The lowest BCUT2D eigenvalue weighted by Gasteiger charge is -2.14. The van der Waals surface area contributed by atoms with Gasteiger partial charge in [0.1, 0.15) is 11.5 Å². The normalized spacial score (nSPS) is 12.4. The number of hydrogen-bond donors (Lipinski definition) is 5. The Labute approximate surface area is 212 Å². The Morgan fingerprint density at radius 2 is 1.72 bits per heavy atom. The van der Waals surface area contributed by atoms with Crippen LogP contribution in [0.2, 0.25) is 0 Å². The number of primary sulfonamides is 1. The molecule has 0 aliphatic carbocycles. The van der Waals surface area contributed by atoms with Crippen LogP contribution in [0.25, 0.3) is 0 Å². The third-order valence-corrected chi connectivity index (χ3v) is 6.78. The summed E-state index contributed by atoms with van der Waals surface area (Å²) in [5.74, 6) is 0.812. The van der Waals surface area contributed by atoms with Crippen molar-refractivity contribution in [3.8, 4) is 11.5 Å². The summed E-state index contributed by atoms with van der Waals surface area (Å²) in [6.07, 6.45) is 2.53. The van der Waals surface area contributed by atoms with Gasteiger partial charge in [0.05, 0.1) is 24.2 Å². The number of nitrogens with one attached hydrogen (secondary N) is 1. The predicted octanol–water partition coefficient (Wildman–Crippen LogP) is 2.80. The van der Waals surface area contributed by atoms with Gasteiger partial charge in [-0.15, -0.1) is 0 Å². The van der Waals surface area contributed by atoms with Gasteiger partial charge in [-0.3, -0.25) is 0 Å². The Morgan fingerprint density at radius 3 is 2.44 bits per heavy atom. The molecule has 0 saturated carbocycles. The number of benzene rings is 3. The van der Waals surface area contributed by atoms with Crippen molar-refractivity contribution in [2.24, 2.45) is 5.14 Å². The first kappa shape index (κ1) is 27.6. The van der Waals surface area contributed by atoms with E-state index in [1.54, 1.807) is 24.3 Å². The minimum atomic E-state index is -3.68. The highest BCUT2D eigenvalue weighted by atomic mass is 32.2. The molecule has 0 aromatic heterocycles. The van der Waals surface area contributed by atoms with E-state index in [1.807, 2.05) is 30.3 Å². The van der Waals surface area contributed by atoms with E-state index in [2.05, 4.69) is 5.32 Å². The minimum Gasteiger partial charge on any atom is -0.508 e. The molecule has 3 rings (SSSR count). The average Bonchev–Trinajstić information content (AvgIpc) is 2.87. The van der Waals surface area contributed by atoms with Crippen LogP contribution in [0, 0.1) is 0 Å². The van der Waals surface area contributed by atoms with Gasteiger partial charge >= 0.3 is 0 Å². The van der Waals surface area contributed by atoms with Gasteiger partial charge in [0.15, 0.2) is 0 Å². The van der Waals surface area contributed by atoms with Gasteiger partial charge in [-0.25, -0.2) is 13.6 Å². The maximum Gasteiger partial charge on any atom is 0.238 e. The van der Waals surface area contributed by atoms with Crippen molar-refractivity contribution in [3.63, 3.8) is 0 Å². The Balaban J connectivity index is 1.32. The molecule has 0 heterocycles. The van der Waals surface area contributed by atoms with E-state index >= 15 is 0 Å². The number of hydrogen-bond acceptors (Lipinski definition) is 7. The molecule has 194 valence electrons. The number of ether oxygens (including phenoxy) is 1. The van der Waals surface area contributed by atoms with Crippen LogP contribution in [0.15, 0.2) is 71.6 Å². The molecule has 0 radical (unpaired) electrons. The molecule has 0 fully saturated rings. The molecule has 0 spiro atoms. The summed E-state index contributed by atoms with van der Waals surface area (Å²) in [6.45, 7) is 1.35. The molecular formula is C27H34N2O6S. The molecule has 0 aliphatic heterocycles. The van der Waals surface area contributed by atoms with Crippen molar-refractivity contribution < 1.29 is 28.5 Å². The van der Waals surface area contributed by atoms with Gasteiger partial charge in [-0.2, -0.15) is 0 Å². The fourth-order valence-corrected chi connectivity index (χ4v) is 4.36. The second kappa shape index (κ2) is 13.4. The molecule has 8 nitrogen and oxygen atoms in total. The topological polar surface area (TPSA) is 142 Å². The SMILES string of the molecule is NS(=O)(=O)c1cccc(CCCCOc2ccc(CCNC[C@@H](O)c3ccc(O)c(CO)c3)cc2)c1. The summed E-state index contributed by atoms with van der Waals surface area (Å²) < 4.78 is 28.7. The van der Waals surface area contributed by atoms with Gasteiger partial charge in [0.25, 0.3) is 0 Å². The standard InChI is InChI=1S/C27H34N2O6S/c28-36(33,34)25-6-3-5-21(16-25)4-1-2-15-35-24-10-7-20(8-11-24)13-14-29-18-27(32)22-9-12-26(31)23(17-22)19-30/h3,5-12,16-17,27,29-32H,1-2,4,13-15,18-19H2,(H2,28,33,34)/t27-/m1/s1. The Hall–Kier alpha value is -2.95. The Bertz CT molecular complexity index is 1220. The number of unbranched alkanes of at least 4 members (excludes halogenated alkanes) is 1. The molecular weight excluding hydrogens is 480 g/mol. The van der Waals surface area contributed by atoms with Crippen LogP contribution in [-0.4, -0.2) is 43.4 Å². The van der Waals surface area contributed by atoms with E-state index in [9.17, 15) is 23.7 Å². The zero-order chi connectivity index (χ0) is 26.0. The molecule has 9 heteroatoms. The number of sulfonamides is 1. The largest absolute Gasteiger partial charge is 0.508 e. The lowest BCUT2D eigenvalue weighted by molar-refractivity contribution is 0.174. The quantitative estimate of drug-likeness (QED) is 0.208. The van der Waals surface area contributed by atoms with Crippen LogP contribution >= 0.6 is 0 Å². The molecule has 36 heavy (non-hydrogen) atoms. The smallest absolute Gasteiger partial charge is 0.238 e.